The molecule has 52 valence electrons. The van der Waals surface area contributed by atoms with E-state index in [1.807, 2.05) is 0 Å². The third-order valence-electron chi connectivity index (χ3n) is 1.70. The molecule has 0 aromatic carbocycles. The molecule has 0 radical (unpaired) electrons. The molecule has 1 rings (SSSR count). The smallest absolute Gasteiger partial charge is 0.111 e. The molecule has 1 aliphatic rings. The molecule has 0 aromatic heterocycles. The van der Waals surface area contributed by atoms with E-state index in [0.29, 0.717) is 12.5 Å². The van der Waals surface area contributed by atoms with Gasteiger partial charge >= 0.3 is 0 Å². The second-order valence-electron chi connectivity index (χ2n) is 2.34. The van der Waals surface area contributed by atoms with Gasteiger partial charge < -0.3 is 9.84 Å². The maximum atomic E-state index is 8.37. The van der Waals surface area contributed by atoms with Crippen LogP contribution in [0.3, 0.4) is 0 Å². The summed E-state index contributed by atoms with van der Waals surface area (Å²) in [5.74, 6) is 1.61. The maximum Gasteiger partial charge on any atom is 0.111 e. The highest BCUT2D eigenvalue weighted by molar-refractivity contribution is 5.32. The van der Waals surface area contributed by atoms with Crippen LogP contribution >= 0.6 is 0 Å². The van der Waals surface area contributed by atoms with Crippen LogP contribution in [0.1, 0.15) is 13.8 Å². The van der Waals surface area contributed by atoms with Gasteiger partial charge in [-0.1, -0.05) is 6.92 Å². The SMILES string of the molecule is CC1=C(OCCO)C1C. The zero-order chi connectivity index (χ0) is 6.85. The summed E-state index contributed by atoms with van der Waals surface area (Å²) in [6.45, 7) is 4.71. The molecule has 9 heavy (non-hydrogen) atoms. The molecule has 2 nitrogen and oxygen atoms in total. The van der Waals surface area contributed by atoms with Crippen molar-refractivity contribution in [1.82, 2.24) is 0 Å². The molecule has 0 heterocycles. The predicted octanol–water partition coefficient (Wildman–Crippen LogP) is 0.919. The molecule has 0 saturated carbocycles. The first-order valence-corrected chi connectivity index (χ1v) is 3.21. The lowest BCUT2D eigenvalue weighted by Crippen LogP contribution is -1.94. The van der Waals surface area contributed by atoms with Crippen molar-refractivity contribution in [3.63, 3.8) is 0 Å². The summed E-state index contributed by atoms with van der Waals surface area (Å²) in [6, 6.07) is 0. The Balaban J connectivity index is 2.16. The fourth-order valence-corrected chi connectivity index (χ4v) is 0.842. The standard InChI is InChI=1S/C7H12O2/c1-5-6(2)7(5)9-4-3-8/h5,8H,3-4H2,1-2H3. The Morgan fingerprint density at radius 2 is 2.22 bits per heavy atom. The minimum absolute atomic E-state index is 0.115. The van der Waals surface area contributed by atoms with Crippen LogP contribution in [0.2, 0.25) is 0 Å². The van der Waals surface area contributed by atoms with Gasteiger partial charge in [0.1, 0.15) is 12.4 Å². The molecular formula is C7H12O2. The molecule has 0 amide bonds. The van der Waals surface area contributed by atoms with Gasteiger partial charge in [0.05, 0.1) is 6.61 Å². The third-order valence-corrected chi connectivity index (χ3v) is 1.70. The van der Waals surface area contributed by atoms with E-state index in [-0.39, 0.29) is 6.61 Å². The molecule has 0 aromatic rings. The quantitative estimate of drug-likeness (QED) is 0.612. The lowest BCUT2D eigenvalue weighted by molar-refractivity contribution is 0.148. The predicted molar refractivity (Wildman–Crippen MR) is 34.9 cm³/mol. The minimum Gasteiger partial charge on any atom is -0.495 e. The van der Waals surface area contributed by atoms with Crippen molar-refractivity contribution in [2.45, 2.75) is 13.8 Å². The molecule has 1 unspecified atom stereocenters. The van der Waals surface area contributed by atoms with Crippen LogP contribution in [-0.4, -0.2) is 18.3 Å². The lowest BCUT2D eigenvalue weighted by atomic mass is 10.4. The Kier molecular flexibility index (Phi) is 1.76. The van der Waals surface area contributed by atoms with E-state index in [1.54, 1.807) is 0 Å². The second-order valence-corrected chi connectivity index (χ2v) is 2.34. The monoisotopic (exact) mass is 128 g/mol. The topological polar surface area (TPSA) is 29.5 Å². The van der Waals surface area contributed by atoms with E-state index in [1.165, 1.54) is 5.57 Å². The number of allylic oxidation sites excluding steroid dienone is 2. The van der Waals surface area contributed by atoms with Gasteiger partial charge in [-0.25, -0.2) is 0 Å². The summed E-state index contributed by atoms with van der Waals surface area (Å²) in [5, 5.41) is 8.37. The molecule has 1 N–H and O–H groups in total. The van der Waals surface area contributed by atoms with Gasteiger partial charge in [-0.2, -0.15) is 0 Å². The molecular weight excluding hydrogens is 116 g/mol. The van der Waals surface area contributed by atoms with Crippen molar-refractivity contribution in [1.29, 1.82) is 0 Å². The summed E-state index contributed by atoms with van der Waals surface area (Å²) >= 11 is 0. The van der Waals surface area contributed by atoms with Crippen LogP contribution in [-0.2, 0) is 4.74 Å². The Morgan fingerprint density at radius 1 is 1.67 bits per heavy atom. The van der Waals surface area contributed by atoms with Crippen LogP contribution in [0, 0.1) is 5.92 Å². The minimum atomic E-state index is 0.115. The van der Waals surface area contributed by atoms with E-state index >= 15 is 0 Å². The average molecular weight is 128 g/mol. The van der Waals surface area contributed by atoms with Gasteiger partial charge in [0.2, 0.25) is 0 Å². The van der Waals surface area contributed by atoms with Gasteiger partial charge in [0.15, 0.2) is 0 Å². The van der Waals surface area contributed by atoms with Crippen molar-refractivity contribution in [2.24, 2.45) is 5.92 Å². The van der Waals surface area contributed by atoms with Crippen LogP contribution in [0.25, 0.3) is 0 Å². The molecule has 0 aliphatic heterocycles. The van der Waals surface area contributed by atoms with Crippen LogP contribution in [0.15, 0.2) is 11.3 Å². The van der Waals surface area contributed by atoms with Crippen LogP contribution < -0.4 is 0 Å². The van der Waals surface area contributed by atoms with Crippen molar-refractivity contribution >= 4 is 0 Å². The summed E-state index contributed by atoms with van der Waals surface area (Å²) in [7, 11) is 0. The zero-order valence-corrected chi connectivity index (χ0v) is 5.85. The first kappa shape index (κ1) is 6.62. The number of ether oxygens (including phenoxy) is 1. The normalized spacial score (nSPS) is 24.6. The second kappa shape index (κ2) is 2.40. The van der Waals surface area contributed by atoms with Gasteiger partial charge in [0, 0.05) is 5.92 Å². The molecule has 0 bridgehead atoms. The number of aliphatic hydroxyl groups is 1. The first-order chi connectivity index (χ1) is 4.27. The summed E-state index contributed by atoms with van der Waals surface area (Å²) in [6.07, 6.45) is 0. The number of rotatable bonds is 3. The zero-order valence-electron chi connectivity index (χ0n) is 5.85. The van der Waals surface area contributed by atoms with Gasteiger partial charge in [-0.05, 0) is 12.5 Å². The largest absolute Gasteiger partial charge is 0.495 e. The van der Waals surface area contributed by atoms with E-state index in [2.05, 4.69) is 13.8 Å². The van der Waals surface area contributed by atoms with Crippen molar-refractivity contribution in [2.75, 3.05) is 13.2 Å². The Morgan fingerprint density at radius 3 is 2.56 bits per heavy atom. The maximum absolute atomic E-state index is 8.37. The lowest BCUT2D eigenvalue weighted by Gasteiger charge is -1.96. The molecule has 0 fully saturated rings. The fourth-order valence-electron chi connectivity index (χ4n) is 0.842. The molecule has 0 spiro atoms. The van der Waals surface area contributed by atoms with E-state index in [4.69, 9.17) is 9.84 Å². The Bertz CT molecular complexity index is 138. The third kappa shape index (κ3) is 1.24. The summed E-state index contributed by atoms with van der Waals surface area (Å²) in [4.78, 5) is 0. The van der Waals surface area contributed by atoms with Crippen LogP contribution in [0.5, 0.6) is 0 Å². The van der Waals surface area contributed by atoms with E-state index in [9.17, 15) is 0 Å². The molecule has 2 heteroatoms. The molecule has 1 aliphatic carbocycles. The Labute approximate surface area is 55.1 Å². The van der Waals surface area contributed by atoms with Crippen molar-refractivity contribution in [3.05, 3.63) is 11.3 Å². The van der Waals surface area contributed by atoms with E-state index in [0.717, 1.165) is 5.76 Å². The van der Waals surface area contributed by atoms with E-state index < -0.39 is 0 Å². The number of aliphatic hydroxyl groups excluding tert-OH is 1. The van der Waals surface area contributed by atoms with Gasteiger partial charge in [-0.15, -0.1) is 0 Å². The highest BCUT2D eigenvalue weighted by atomic mass is 16.5. The fraction of sp³-hybridized carbons (Fsp3) is 0.714. The van der Waals surface area contributed by atoms with Gasteiger partial charge in [0.25, 0.3) is 0 Å². The van der Waals surface area contributed by atoms with Gasteiger partial charge in [-0.3, -0.25) is 0 Å². The van der Waals surface area contributed by atoms with Crippen molar-refractivity contribution < 1.29 is 9.84 Å². The van der Waals surface area contributed by atoms with Crippen LogP contribution in [0.4, 0.5) is 0 Å². The first-order valence-electron chi connectivity index (χ1n) is 3.21. The summed E-state index contributed by atoms with van der Waals surface area (Å²) < 4.78 is 5.16. The average Bonchev–Trinajstić information content (AvgIpc) is 2.39. The summed E-state index contributed by atoms with van der Waals surface area (Å²) in [5.41, 5.74) is 1.32. The van der Waals surface area contributed by atoms with Crippen molar-refractivity contribution in [3.8, 4) is 0 Å². The highest BCUT2D eigenvalue weighted by Gasteiger charge is 2.29. The molecule has 0 saturated heterocycles. The number of hydrogen-bond acceptors (Lipinski definition) is 2. The molecule has 1 atom stereocenters. The highest BCUT2D eigenvalue weighted by Crippen LogP contribution is 2.38. The number of hydrogen-bond donors (Lipinski definition) is 1. The Hall–Kier alpha value is -0.500.